The van der Waals surface area contributed by atoms with Crippen LogP contribution in [-0.4, -0.2) is 18.0 Å². The quantitative estimate of drug-likeness (QED) is 0.943. The Balaban J connectivity index is 1.67. The molecule has 0 unspecified atom stereocenters. The van der Waals surface area contributed by atoms with Crippen LogP contribution in [0, 0.1) is 0 Å². The van der Waals surface area contributed by atoms with E-state index in [0.29, 0.717) is 6.42 Å². The van der Waals surface area contributed by atoms with Crippen LogP contribution in [0.15, 0.2) is 24.3 Å². The van der Waals surface area contributed by atoms with Crippen LogP contribution < -0.4 is 10.1 Å². The van der Waals surface area contributed by atoms with E-state index in [1.807, 2.05) is 24.3 Å². The fraction of sp³-hybridized carbons (Fsp3) is 0.375. The number of nitrogens with one attached hydrogen (secondary N) is 1. The molecule has 4 nitrogen and oxygen atoms in total. The van der Waals surface area contributed by atoms with Crippen molar-refractivity contribution in [1.29, 1.82) is 0 Å². The predicted octanol–water partition coefficient (Wildman–Crippen LogP) is 3.21. The maximum atomic E-state index is 12.2. The van der Waals surface area contributed by atoms with Gasteiger partial charge in [-0.1, -0.05) is 18.2 Å². The number of aryl methyl sites for hydroxylation is 2. The molecular formula is C16H18N2O2S. The number of thiazole rings is 1. The number of anilines is 1. The lowest BCUT2D eigenvalue weighted by Gasteiger charge is -2.07. The Labute approximate surface area is 128 Å². The lowest BCUT2D eigenvalue weighted by atomic mass is 10.0. The van der Waals surface area contributed by atoms with E-state index in [1.54, 1.807) is 18.4 Å². The average Bonchev–Trinajstić information content (AvgIpc) is 2.89. The van der Waals surface area contributed by atoms with Gasteiger partial charge in [0.05, 0.1) is 19.2 Å². The summed E-state index contributed by atoms with van der Waals surface area (Å²) in [5.41, 5.74) is 2.05. The Kier molecular flexibility index (Phi) is 4.20. The van der Waals surface area contributed by atoms with Gasteiger partial charge in [-0.25, -0.2) is 4.98 Å². The van der Waals surface area contributed by atoms with Crippen molar-refractivity contribution >= 4 is 22.4 Å². The van der Waals surface area contributed by atoms with Crippen LogP contribution in [0.1, 0.15) is 29.0 Å². The number of benzene rings is 1. The second-order valence-electron chi connectivity index (χ2n) is 5.13. The van der Waals surface area contributed by atoms with Crippen LogP contribution in [0.2, 0.25) is 0 Å². The number of carbonyl (C=O) groups excluding carboxylic acids is 1. The Morgan fingerprint density at radius 1 is 1.33 bits per heavy atom. The average molecular weight is 302 g/mol. The summed E-state index contributed by atoms with van der Waals surface area (Å²) in [6.45, 7) is 0. The van der Waals surface area contributed by atoms with Crippen molar-refractivity contribution in [2.75, 3.05) is 12.4 Å². The summed E-state index contributed by atoms with van der Waals surface area (Å²) in [5.74, 6) is 0.691. The van der Waals surface area contributed by atoms with Gasteiger partial charge in [0.25, 0.3) is 0 Å². The van der Waals surface area contributed by atoms with Crippen molar-refractivity contribution in [3.05, 3.63) is 40.4 Å². The molecule has 1 aromatic heterocycles. The second kappa shape index (κ2) is 6.26. The lowest BCUT2D eigenvalue weighted by molar-refractivity contribution is -0.115. The summed E-state index contributed by atoms with van der Waals surface area (Å²) in [4.78, 5) is 18.0. The van der Waals surface area contributed by atoms with Crippen molar-refractivity contribution in [1.82, 2.24) is 4.98 Å². The summed E-state index contributed by atoms with van der Waals surface area (Å²) in [5, 5.41) is 3.64. The Bertz CT molecular complexity index is 628. The SMILES string of the molecule is COc1ccccc1CC(=O)Nc1nc2c(s1)CCCC2. The number of carbonyl (C=O) groups is 1. The standard InChI is InChI=1S/C16H18N2O2S/c1-20-13-8-4-2-6-11(13)10-15(19)18-16-17-12-7-3-5-9-14(12)21-16/h2,4,6,8H,3,5,7,9-10H2,1H3,(H,17,18,19). The third kappa shape index (κ3) is 3.24. The van der Waals surface area contributed by atoms with E-state index in [1.165, 1.54) is 23.4 Å². The summed E-state index contributed by atoms with van der Waals surface area (Å²) in [6.07, 6.45) is 4.85. The highest BCUT2D eigenvalue weighted by molar-refractivity contribution is 7.15. The van der Waals surface area contributed by atoms with E-state index in [-0.39, 0.29) is 5.91 Å². The fourth-order valence-corrected chi connectivity index (χ4v) is 3.66. The molecule has 0 saturated heterocycles. The van der Waals surface area contributed by atoms with Gasteiger partial charge in [0, 0.05) is 10.4 Å². The molecule has 0 bridgehead atoms. The number of amides is 1. The number of hydrogen-bond acceptors (Lipinski definition) is 4. The molecule has 0 aliphatic heterocycles. The van der Waals surface area contributed by atoms with Gasteiger partial charge in [-0.05, 0) is 31.7 Å². The largest absolute Gasteiger partial charge is 0.496 e. The van der Waals surface area contributed by atoms with Crippen molar-refractivity contribution in [2.24, 2.45) is 0 Å². The lowest BCUT2D eigenvalue weighted by Crippen LogP contribution is -2.14. The van der Waals surface area contributed by atoms with Crippen LogP contribution in [-0.2, 0) is 24.1 Å². The molecule has 1 heterocycles. The first-order valence-electron chi connectivity index (χ1n) is 7.16. The van der Waals surface area contributed by atoms with E-state index in [2.05, 4.69) is 10.3 Å². The van der Waals surface area contributed by atoms with Gasteiger partial charge in [0.2, 0.25) is 5.91 Å². The molecule has 5 heteroatoms. The third-order valence-corrected chi connectivity index (χ3v) is 4.71. The predicted molar refractivity (Wildman–Crippen MR) is 84.1 cm³/mol. The molecule has 1 aliphatic carbocycles. The van der Waals surface area contributed by atoms with E-state index in [4.69, 9.17) is 4.74 Å². The van der Waals surface area contributed by atoms with Crippen LogP contribution in [0.4, 0.5) is 5.13 Å². The van der Waals surface area contributed by atoms with Crippen LogP contribution in [0.3, 0.4) is 0 Å². The smallest absolute Gasteiger partial charge is 0.230 e. The molecule has 3 rings (SSSR count). The van der Waals surface area contributed by atoms with Gasteiger partial charge in [-0.3, -0.25) is 4.79 Å². The van der Waals surface area contributed by atoms with E-state index >= 15 is 0 Å². The number of ether oxygens (including phenoxy) is 1. The number of para-hydroxylation sites is 1. The first kappa shape index (κ1) is 14.1. The summed E-state index contributed by atoms with van der Waals surface area (Å²) < 4.78 is 5.27. The third-order valence-electron chi connectivity index (χ3n) is 3.64. The molecule has 1 aliphatic rings. The van der Waals surface area contributed by atoms with E-state index in [0.717, 1.165) is 29.3 Å². The maximum Gasteiger partial charge on any atom is 0.230 e. The zero-order valence-electron chi connectivity index (χ0n) is 12.0. The van der Waals surface area contributed by atoms with Crippen LogP contribution >= 0.6 is 11.3 Å². The van der Waals surface area contributed by atoms with Crippen LogP contribution in [0.25, 0.3) is 0 Å². The number of aromatic nitrogens is 1. The Morgan fingerprint density at radius 2 is 2.14 bits per heavy atom. The van der Waals surface area contributed by atoms with Crippen molar-refractivity contribution < 1.29 is 9.53 Å². The van der Waals surface area contributed by atoms with E-state index in [9.17, 15) is 4.79 Å². The fourth-order valence-electron chi connectivity index (χ4n) is 2.59. The van der Waals surface area contributed by atoms with Crippen molar-refractivity contribution in [2.45, 2.75) is 32.1 Å². The molecule has 0 atom stereocenters. The molecule has 21 heavy (non-hydrogen) atoms. The Morgan fingerprint density at radius 3 is 2.95 bits per heavy atom. The highest BCUT2D eigenvalue weighted by Gasteiger charge is 2.16. The molecule has 0 radical (unpaired) electrons. The number of fused-ring (bicyclic) bond motifs is 1. The molecule has 2 aromatic rings. The highest BCUT2D eigenvalue weighted by Crippen LogP contribution is 2.29. The number of rotatable bonds is 4. The number of nitrogens with zero attached hydrogens (tertiary/aromatic N) is 1. The minimum absolute atomic E-state index is 0.0504. The molecule has 0 spiro atoms. The molecule has 0 saturated carbocycles. The van der Waals surface area contributed by atoms with Gasteiger partial charge in [0.15, 0.2) is 5.13 Å². The molecule has 1 aromatic carbocycles. The number of hydrogen-bond donors (Lipinski definition) is 1. The molecular weight excluding hydrogens is 284 g/mol. The first-order valence-corrected chi connectivity index (χ1v) is 7.98. The summed E-state index contributed by atoms with van der Waals surface area (Å²) in [7, 11) is 1.62. The highest BCUT2D eigenvalue weighted by atomic mass is 32.1. The zero-order chi connectivity index (χ0) is 14.7. The zero-order valence-corrected chi connectivity index (χ0v) is 12.8. The van der Waals surface area contributed by atoms with Gasteiger partial charge in [0.1, 0.15) is 5.75 Å². The number of methoxy groups -OCH3 is 1. The van der Waals surface area contributed by atoms with Gasteiger partial charge in [-0.15, -0.1) is 11.3 Å². The normalized spacial score (nSPS) is 13.6. The second-order valence-corrected chi connectivity index (χ2v) is 6.22. The van der Waals surface area contributed by atoms with Crippen molar-refractivity contribution in [3.63, 3.8) is 0 Å². The van der Waals surface area contributed by atoms with Gasteiger partial charge < -0.3 is 10.1 Å². The first-order chi connectivity index (χ1) is 10.3. The molecule has 0 fully saturated rings. The summed E-state index contributed by atoms with van der Waals surface area (Å²) >= 11 is 1.61. The summed E-state index contributed by atoms with van der Waals surface area (Å²) in [6, 6.07) is 7.58. The topological polar surface area (TPSA) is 51.2 Å². The van der Waals surface area contributed by atoms with Gasteiger partial charge >= 0.3 is 0 Å². The van der Waals surface area contributed by atoms with E-state index < -0.39 is 0 Å². The minimum atomic E-state index is -0.0504. The van der Waals surface area contributed by atoms with Crippen molar-refractivity contribution in [3.8, 4) is 5.75 Å². The molecule has 1 amide bonds. The molecule has 1 N–H and O–H groups in total. The van der Waals surface area contributed by atoms with Crippen LogP contribution in [0.5, 0.6) is 5.75 Å². The maximum absolute atomic E-state index is 12.2. The monoisotopic (exact) mass is 302 g/mol. The van der Waals surface area contributed by atoms with Gasteiger partial charge in [-0.2, -0.15) is 0 Å². The molecule has 110 valence electrons. The Hall–Kier alpha value is -1.88. The minimum Gasteiger partial charge on any atom is -0.496 e.